The van der Waals surface area contributed by atoms with E-state index in [1.165, 1.54) is 0 Å². The molecule has 3 fully saturated rings. The molecule has 1 aromatic carbocycles. The Bertz CT molecular complexity index is 1870. The minimum absolute atomic E-state index is 0.0187. The van der Waals surface area contributed by atoms with E-state index >= 15 is 0 Å². The highest BCUT2D eigenvalue weighted by molar-refractivity contribution is 8.00. The van der Waals surface area contributed by atoms with Gasteiger partial charge in [0.05, 0.1) is 23.9 Å². The minimum Gasteiger partial charge on any atom is -0.382 e. The molecule has 2 N–H and O–H groups in total. The number of benzene rings is 1. The molecule has 0 aliphatic carbocycles. The van der Waals surface area contributed by atoms with Crippen LogP contribution in [-0.2, 0) is 14.3 Å². The Morgan fingerprint density at radius 3 is 2.26 bits per heavy atom. The van der Waals surface area contributed by atoms with Crippen LogP contribution in [-0.4, -0.2) is 104 Å². The first-order chi connectivity index (χ1) is 22.7. The molecule has 2 atom stereocenters. The first kappa shape index (κ1) is 31.7. The van der Waals surface area contributed by atoms with Crippen molar-refractivity contribution in [3.8, 4) is 11.3 Å². The van der Waals surface area contributed by atoms with Gasteiger partial charge in [0, 0.05) is 61.5 Å². The zero-order valence-corrected chi connectivity index (χ0v) is 28.0. The summed E-state index contributed by atoms with van der Waals surface area (Å²) < 4.78 is 21.2. The summed E-state index contributed by atoms with van der Waals surface area (Å²) in [6.07, 6.45) is 8.04. The van der Waals surface area contributed by atoms with Crippen LogP contribution in [0.2, 0.25) is 0 Å². The number of likely N-dealkylation sites (tertiary alicyclic amines) is 2. The average Bonchev–Trinajstić information content (AvgIpc) is 3.61. The maximum atomic E-state index is 14.1. The topological polar surface area (TPSA) is 118 Å². The van der Waals surface area contributed by atoms with E-state index in [0.29, 0.717) is 53.4 Å². The molecular weight excluding hydrogens is 613 g/mol. The van der Waals surface area contributed by atoms with Gasteiger partial charge < -0.3 is 25.2 Å². The van der Waals surface area contributed by atoms with Crippen molar-refractivity contribution in [2.45, 2.75) is 54.3 Å². The van der Waals surface area contributed by atoms with Gasteiger partial charge in [-0.2, -0.15) is 4.98 Å². The van der Waals surface area contributed by atoms with E-state index in [1.54, 1.807) is 29.1 Å². The molecule has 3 aliphatic heterocycles. The highest BCUT2D eigenvalue weighted by atomic mass is 32.2. The molecule has 248 valence electrons. The Hall–Kier alpha value is -3.84. The van der Waals surface area contributed by atoms with E-state index in [0.717, 1.165) is 68.6 Å². The third-order valence-electron chi connectivity index (χ3n) is 9.89. The first-order valence-corrected chi connectivity index (χ1v) is 18.4. The molecule has 3 saturated heterocycles. The Kier molecular flexibility index (Phi) is 9.01. The van der Waals surface area contributed by atoms with Crippen LogP contribution in [0.25, 0.3) is 22.3 Å². The number of nitrogens with one attached hydrogen (secondary N) is 2. The highest BCUT2D eigenvalue weighted by Crippen LogP contribution is 2.29. The third kappa shape index (κ3) is 6.78. The molecule has 12 heteroatoms. The first-order valence-electron chi connectivity index (χ1n) is 16.6. The Labute approximate surface area is 276 Å². The van der Waals surface area contributed by atoms with Crippen molar-refractivity contribution in [1.29, 1.82) is 0 Å². The van der Waals surface area contributed by atoms with Crippen LogP contribution in [0.5, 0.6) is 0 Å². The summed E-state index contributed by atoms with van der Waals surface area (Å²) in [5, 5.41) is 7.71. The fraction of sp³-hybridized carbons (Fsp3) is 0.457. The van der Waals surface area contributed by atoms with Gasteiger partial charge in [-0.1, -0.05) is 0 Å². The average molecular weight is 657 g/mol. The molecule has 0 spiro atoms. The number of hydrogen-bond donors (Lipinski definition) is 2. The van der Waals surface area contributed by atoms with Crippen LogP contribution >= 0.6 is 0 Å². The van der Waals surface area contributed by atoms with Crippen LogP contribution in [0, 0.1) is 0 Å². The molecule has 4 aromatic rings. The molecule has 7 rings (SSSR count). The van der Waals surface area contributed by atoms with Crippen molar-refractivity contribution in [2.75, 3.05) is 64.1 Å². The zero-order chi connectivity index (χ0) is 32.5. The van der Waals surface area contributed by atoms with Crippen LogP contribution in [0.4, 0.5) is 17.3 Å². The molecule has 0 saturated carbocycles. The van der Waals surface area contributed by atoms with Gasteiger partial charge in [-0.25, -0.2) is 4.98 Å². The molecule has 3 aliphatic rings. The molecule has 0 radical (unpaired) electrons. The Morgan fingerprint density at radius 2 is 1.60 bits per heavy atom. The van der Waals surface area contributed by atoms with Gasteiger partial charge >= 0.3 is 0 Å². The van der Waals surface area contributed by atoms with Crippen molar-refractivity contribution in [2.24, 2.45) is 0 Å². The number of ether oxygens (including phenoxy) is 1. The minimum atomic E-state index is -2.51. The summed E-state index contributed by atoms with van der Waals surface area (Å²) in [7, 11) is 1.74. The normalized spacial score (nSPS) is 21.5. The lowest BCUT2D eigenvalue weighted by Crippen LogP contribution is -2.37. The second kappa shape index (κ2) is 13.3. The maximum Gasteiger partial charge on any atom is 0.262 e. The summed E-state index contributed by atoms with van der Waals surface area (Å²) in [5.41, 5.74) is 3.28. The van der Waals surface area contributed by atoms with Gasteiger partial charge in [0.15, 0.2) is 0 Å². The molecule has 0 bridgehead atoms. The van der Waals surface area contributed by atoms with E-state index in [1.807, 2.05) is 18.2 Å². The van der Waals surface area contributed by atoms with Crippen molar-refractivity contribution >= 4 is 43.7 Å². The van der Waals surface area contributed by atoms with Crippen molar-refractivity contribution < 1.29 is 8.95 Å². The lowest BCUT2D eigenvalue weighted by atomic mass is 10.1. The number of aromatic nitrogens is 4. The number of hydrogen-bond acceptors (Lipinski definition) is 10. The second-order valence-electron chi connectivity index (χ2n) is 13.3. The summed E-state index contributed by atoms with van der Waals surface area (Å²) >= 11 is 0. The number of fused-ring (bicyclic) bond motifs is 1. The van der Waals surface area contributed by atoms with Crippen LogP contribution in [0.1, 0.15) is 38.1 Å². The van der Waals surface area contributed by atoms with Crippen molar-refractivity contribution in [3.05, 3.63) is 65.2 Å². The molecule has 47 heavy (non-hydrogen) atoms. The number of piperidine rings is 2. The molecule has 11 nitrogen and oxygen atoms in total. The molecule has 6 heterocycles. The maximum absolute atomic E-state index is 14.1. The number of anilines is 3. The van der Waals surface area contributed by atoms with Gasteiger partial charge in [-0.15, -0.1) is 0 Å². The summed E-state index contributed by atoms with van der Waals surface area (Å²) in [4.78, 5) is 33.4. The SMILES string of the molecule is C=S(=O)(c1ccc(-c2cc3cnc(Nc4ccc(NC5CCN(C)CC5)cc4)nc3n(C3CCOC3)c2=O)nc1)C1CCN(C)CC1. The second-order valence-corrected chi connectivity index (χ2v) is 15.8. The number of pyridine rings is 2. The van der Waals surface area contributed by atoms with Gasteiger partial charge in [0.25, 0.3) is 5.56 Å². The van der Waals surface area contributed by atoms with Gasteiger partial charge in [0.2, 0.25) is 5.95 Å². The van der Waals surface area contributed by atoms with Gasteiger partial charge in [-0.05, 0) is 121 Å². The summed E-state index contributed by atoms with van der Waals surface area (Å²) in [6.45, 7) is 5.05. The van der Waals surface area contributed by atoms with Crippen LogP contribution in [0.15, 0.2) is 64.5 Å². The summed E-state index contributed by atoms with van der Waals surface area (Å²) in [5.74, 6) is 4.56. The Morgan fingerprint density at radius 1 is 0.894 bits per heavy atom. The van der Waals surface area contributed by atoms with Gasteiger partial charge in [0.1, 0.15) is 5.65 Å². The predicted molar refractivity (Wildman–Crippen MR) is 189 cm³/mol. The highest BCUT2D eigenvalue weighted by Gasteiger charge is 2.27. The Balaban J connectivity index is 1.15. The molecule has 2 unspecified atom stereocenters. The number of nitrogens with zero attached hydrogens (tertiary/aromatic N) is 6. The van der Waals surface area contributed by atoms with Crippen molar-refractivity contribution in [1.82, 2.24) is 29.3 Å². The monoisotopic (exact) mass is 656 g/mol. The molecular formula is C35H44N8O3S. The van der Waals surface area contributed by atoms with Gasteiger partial charge in [-0.3, -0.25) is 18.6 Å². The lowest BCUT2D eigenvalue weighted by Gasteiger charge is -2.31. The predicted octanol–water partition coefficient (Wildman–Crippen LogP) is 4.23. The third-order valence-corrected chi connectivity index (χ3v) is 12.5. The lowest BCUT2D eigenvalue weighted by molar-refractivity contribution is 0.186. The quantitative estimate of drug-likeness (QED) is 0.267. The molecule has 0 amide bonds. The fourth-order valence-corrected chi connectivity index (χ4v) is 8.78. The smallest absolute Gasteiger partial charge is 0.262 e. The summed E-state index contributed by atoms with van der Waals surface area (Å²) in [6, 6.07) is 13.9. The van der Waals surface area contributed by atoms with E-state index in [4.69, 9.17) is 9.72 Å². The van der Waals surface area contributed by atoms with E-state index < -0.39 is 9.52 Å². The van der Waals surface area contributed by atoms with Crippen molar-refractivity contribution in [3.63, 3.8) is 0 Å². The standard InChI is InChI=1S/C35H44N8O3S/c1-41-15-10-27(11-16-41)38-25-4-6-26(7-5-25)39-35-37-21-24-20-31(34(44)43(33(24)40-35)28-14-19-46-23-28)32-9-8-30(22-36-32)47(3,45)29-12-17-42(2)18-13-29/h4-9,20-22,27-29,38H,3,10-19,23H2,1-2H3,(H,37,39,40). The largest absolute Gasteiger partial charge is 0.382 e. The fourth-order valence-electron chi connectivity index (χ4n) is 6.90. The number of rotatable bonds is 8. The van der Waals surface area contributed by atoms with E-state index in [2.05, 4.69) is 62.5 Å². The van der Waals surface area contributed by atoms with E-state index in [9.17, 15) is 9.00 Å². The van der Waals surface area contributed by atoms with Crippen LogP contribution < -0.4 is 16.2 Å². The van der Waals surface area contributed by atoms with Crippen LogP contribution in [0.3, 0.4) is 0 Å². The molecule has 3 aromatic heterocycles. The van der Waals surface area contributed by atoms with E-state index in [-0.39, 0.29) is 16.9 Å². The zero-order valence-electron chi connectivity index (χ0n) is 27.2.